The number of aliphatic imine (C=N–C) groups is 1. The predicted molar refractivity (Wildman–Crippen MR) is 124 cm³/mol. The molecule has 0 spiro atoms. The van der Waals surface area contributed by atoms with Crippen LogP contribution in [0.3, 0.4) is 0 Å². The molecule has 3 rings (SSSR count). The van der Waals surface area contributed by atoms with Crippen molar-refractivity contribution in [1.29, 1.82) is 0 Å². The fraction of sp³-hybridized carbons (Fsp3) is 0.480. The molecule has 0 amide bonds. The number of rotatable bonds is 2. The van der Waals surface area contributed by atoms with E-state index in [0.717, 1.165) is 5.69 Å². The maximum absolute atomic E-state index is 11.3. The second-order valence-corrected chi connectivity index (χ2v) is 6.81. The summed E-state index contributed by atoms with van der Waals surface area (Å²) in [4.78, 5) is 4.21. The van der Waals surface area contributed by atoms with Crippen LogP contribution in [0.25, 0.3) is 0 Å². The molecule has 0 aliphatic carbocycles. The Bertz CT molecular complexity index is 674. The minimum atomic E-state index is -0.00261. The first kappa shape index (κ1) is 31.3. The average Bonchev–Trinajstić information content (AvgIpc) is 2.85. The summed E-state index contributed by atoms with van der Waals surface area (Å²) in [5, 5.41) is 11.3. The van der Waals surface area contributed by atoms with Crippen LogP contribution in [-0.2, 0) is 28.4 Å². The van der Waals surface area contributed by atoms with E-state index in [0.29, 0.717) is 84.8 Å². The Balaban J connectivity index is 0.000000334. The van der Waals surface area contributed by atoms with Gasteiger partial charge in [0.05, 0.1) is 85.0 Å². The Morgan fingerprint density at radius 2 is 0.882 bits per heavy atom. The molecular weight excluding hydrogens is 465 g/mol. The van der Waals surface area contributed by atoms with E-state index < -0.39 is 0 Å². The van der Waals surface area contributed by atoms with Gasteiger partial charge >= 0.3 is 51.4 Å². The van der Waals surface area contributed by atoms with Crippen LogP contribution >= 0.6 is 0 Å². The molecular formula is C25H34KNO7. The standard InChI is InChI=1S/C13H11NO.C12H24O6.K/c15-13-9-5-4-6-11(13)10-14-12-7-2-1-3-8-12;1-2-14-5-6-16-9-10-18-12-11-17-8-7-15-4-3-13-1;/h1-10,15H;1-12H2;/q;;+1/p-1. The third-order valence-corrected chi connectivity index (χ3v) is 4.26. The molecule has 9 heteroatoms. The van der Waals surface area contributed by atoms with Crippen LogP contribution in [0.4, 0.5) is 5.69 Å². The molecule has 0 unspecified atom stereocenters. The summed E-state index contributed by atoms with van der Waals surface area (Å²) in [5.41, 5.74) is 1.46. The predicted octanol–water partition coefficient (Wildman–Crippen LogP) is -0.386. The minimum Gasteiger partial charge on any atom is -0.872 e. The van der Waals surface area contributed by atoms with Crippen molar-refractivity contribution >= 4 is 11.9 Å². The number of ether oxygens (including phenoxy) is 6. The Hall–Kier alpha value is -0.694. The SMILES string of the molecule is C1COCCOCCOCCOCCOCCO1.[K+].[O-]c1ccccc1C=Nc1ccccc1. The number of hydrogen-bond donors (Lipinski definition) is 0. The fourth-order valence-electron chi connectivity index (χ4n) is 2.56. The van der Waals surface area contributed by atoms with E-state index in [4.69, 9.17) is 28.4 Å². The molecule has 182 valence electrons. The minimum absolute atomic E-state index is 0. The van der Waals surface area contributed by atoms with Gasteiger partial charge in [-0.2, -0.15) is 0 Å². The molecule has 1 heterocycles. The fourth-order valence-corrected chi connectivity index (χ4v) is 2.56. The maximum atomic E-state index is 11.3. The maximum Gasteiger partial charge on any atom is 1.00 e. The second kappa shape index (κ2) is 22.8. The van der Waals surface area contributed by atoms with Crippen LogP contribution in [0.2, 0.25) is 0 Å². The van der Waals surface area contributed by atoms with Gasteiger partial charge in [0.15, 0.2) is 0 Å². The van der Waals surface area contributed by atoms with E-state index in [1.54, 1.807) is 18.3 Å². The first-order valence-electron chi connectivity index (χ1n) is 11.2. The molecule has 0 saturated carbocycles. The number of para-hydroxylation sites is 2. The zero-order chi connectivity index (χ0) is 23.2. The summed E-state index contributed by atoms with van der Waals surface area (Å²) >= 11 is 0. The van der Waals surface area contributed by atoms with Gasteiger partial charge in [-0.1, -0.05) is 42.5 Å². The van der Waals surface area contributed by atoms with E-state index in [9.17, 15) is 5.11 Å². The molecule has 0 bridgehead atoms. The average molecular weight is 500 g/mol. The molecule has 1 saturated heterocycles. The number of nitrogens with zero attached hydrogens (tertiary/aromatic N) is 1. The van der Waals surface area contributed by atoms with Crippen molar-refractivity contribution in [2.24, 2.45) is 4.99 Å². The normalized spacial score (nSPS) is 17.4. The Labute approximate surface area is 245 Å². The summed E-state index contributed by atoms with van der Waals surface area (Å²) in [6.45, 7) is 7.04. The Morgan fingerprint density at radius 3 is 1.26 bits per heavy atom. The van der Waals surface area contributed by atoms with Crippen LogP contribution in [0.15, 0.2) is 59.6 Å². The monoisotopic (exact) mass is 499 g/mol. The van der Waals surface area contributed by atoms with Crippen molar-refractivity contribution in [3.63, 3.8) is 0 Å². The molecule has 1 fully saturated rings. The molecule has 0 aromatic heterocycles. The van der Waals surface area contributed by atoms with Crippen LogP contribution < -0.4 is 56.5 Å². The van der Waals surface area contributed by atoms with Gasteiger partial charge in [0.25, 0.3) is 0 Å². The van der Waals surface area contributed by atoms with Crippen LogP contribution in [0.5, 0.6) is 5.75 Å². The van der Waals surface area contributed by atoms with Crippen LogP contribution in [-0.4, -0.2) is 85.5 Å². The van der Waals surface area contributed by atoms with Gasteiger partial charge < -0.3 is 33.5 Å². The summed E-state index contributed by atoms with van der Waals surface area (Å²) in [6, 6.07) is 16.4. The second-order valence-electron chi connectivity index (χ2n) is 6.81. The summed E-state index contributed by atoms with van der Waals surface area (Å²) in [7, 11) is 0. The van der Waals surface area contributed by atoms with Crippen molar-refractivity contribution in [3.8, 4) is 5.75 Å². The first-order valence-corrected chi connectivity index (χ1v) is 11.2. The van der Waals surface area contributed by atoms with Crippen molar-refractivity contribution in [2.45, 2.75) is 0 Å². The van der Waals surface area contributed by atoms with Crippen molar-refractivity contribution < 1.29 is 84.9 Å². The largest absolute Gasteiger partial charge is 1.00 e. The van der Waals surface area contributed by atoms with Crippen molar-refractivity contribution in [1.82, 2.24) is 0 Å². The van der Waals surface area contributed by atoms with Gasteiger partial charge in [0.1, 0.15) is 0 Å². The smallest absolute Gasteiger partial charge is 0.872 e. The molecule has 0 radical (unpaired) electrons. The van der Waals surface area contributed by atoms with E-state index in [-0.39, 0.29) is 57.1 Å². The molecule has 0 N–H and O–H groups in total. The van der Waals surface area contributed by atoms with E-state index in [1.165, 1.54) is 6.07 Å². The molecule has 34 heavy (non-hydrogen) atoms. The van der Waals surface area contributed by atoms with E-state index in [2.05, 4.69) is 4.99 Å². The third-order valence-electron chi connectivity index (χ3n) is 4.26. The summed E-state index contributed by atoms with van der Waals surface area (Å²) < 4.78 is 32.0. The van der Waals surface area contributed by atoms with Gasteiger partial charge in [-0.25, -0.2) is 0 Å². The molecule has 1 aliphatic rings. The first-order chi connectivity index (χ1) is 16.4. The van der Waals surface area contributed by atoms with Crippen LogP contribution in [0, 0.1) is 0 Å². The quantitative estimate of drug-likeness (QED) is 0.411. The van der Waals surface area contributed by atoms with Crippen molar-refractivity contribution in [2.75, 3.05) is 79.3 Å². The van der Waals surface area contributed by atoms with Gasteiger partial charge in [0.2, 0.25) is 0 Å². The molecule has 1 aliphatic heterocycles. The molecule has 2 aromatic carbocycles. The number of hydrogen-bond acceptors (Lipinski definition) is 8. The third kappa shape index (κ3) is 16.9. The summed E-state index contributed by atoms with van der Waals surface area (Å²) in [5.74, 6) is -0.00261. The summed E-state index contributed by atoms with van der Waals surface area (Å²) in [6.07, 6.45) is 1.59. The van der Waals surface area contributed by atoms with Crippen LogP contribution in [0.1, 0.15) is 5.56 Å². The Morgan fingerprint density at radius 1 is 0.529 bits per heavy atom. The van der Waals surface area contributed by atoms with E-state index in [1.807, 2.05) is 36.4 Å². The topological polar surface area (TPSA) is 90.8 Å². The van der Waals surface area contributed by atoms with Gasteiger partial charge in [0, 0.05) is 6.21 Å². The van der Waals surface area contributed by atoms with Gasteiger partial charge in [-0.05, 0) is 17.7 Å². The van der Waals surface area contributed by atoms with E-state index >= 15 is 0 Å². The zero-order valence-electron chi connectivity index (χ0n) is 20.1. The number of benzene rings is 2. The molecule has 0 atom stereocenters. The zero-order valence-corrected chi connectivity index (χ0v) is 23.2. The van der Waals surface area contributed by atoms with Gasteiger partial charge in [-0.3, -0.25) is 4.99 Å². The van der Waals surface area contributed by atoms with Crippen molar-refractivity contribution in [3.05, 3.63) is 60.2 Å². The van der Waals surface area contributed by atoms with Gasteiger partial charge in [-0.15, -0.1) is 5.75 Å². The molecule has 8 nitrogen and oxygen atoms in total. The Kier molecular flexibility index (Phi) is 21.0. The molecule has 2 aromatic rings.